The average Bonchev–Trinajstić information content (AvgIpc) is 2.16. The van der Waals surface area contributed by atoms with Gasteiger partial charge in [0.05, 0.1) is 0 Å². The second-order valence-corrected chi connectivity index (χ2v) is 2.98. The van der Waals surface area contributed by atoms with Crippen LogP contribution in [0.15, 0.2) is 36.9 Å². The molecular weight excluding hydrogens is 165 g/mol. The molecule has 0 bridgehead atoms. The highest BCUT2D eigenvalue weighted by molar-refractivity contribution is 5.22. The first kappa shape index (κ1) is 9.93. The van der Waals surface area contributed by atoms with E-state index in [9.17, 15) is 4.39 Å². The number of halogens is 1. The van der Waals surface area contributed by atoms with Crippen molar-refractivity contribution in [2.75, 3.05) is 6.54 Å². The van der Waals surface area contributed by atoms with Gasteiger partial charge >= 0.3 is 0 Å². The highest BCUT2D eigenvalue weighted by Gasteiger charge is 2.11. The Kier molecular flexibility index (Phi) is 3.65. The molecule has 0 spiro atoms. The van der Waals surface area contributed by atoms with Gasteiger partial charge in [-0.1, -0.05) is 24.3 Å². The van der Waals surface area contributed by atoms with E-state index in [2.05, 4.69) is 6.58 Å². The van der Waals surface area contributed by atoms with Gasteiger partial charge in [0.1, 0.15) is 5.82 Å². The molecule has 0 saturated carbocycles. The molecule has 0 aliphatic heterocycles. The van der Waals surface area contributed by atoms with Gasteiger partial charge in [-0.15, -0.1) is 6.58 Å². The second-order valence-electron chi connectivity index (χ2n) is 2.98. The SMILES string of the molecule is C=CCC(CN)c1ccccc1F. The second kappa shape index (κ2) is 4.77. The third kappa shape index (κ3) is 2.39. The number of nitrogens with two attached hydrogens (primary N) is 1. The normalized spacial score (nSPS) is 12.5. The minimum atomic E-state index is -0.181. The third-order valence-electron chi connectivity index (χ3n) is 2.08. The minimum Gasteiger partial charge on any atom is -0.330 e. The van der Waals surface area contributed by atoms with Crippen LogP contribution in [0.1, 0.15) is 17.9 Å². The van der Waals surface area contributed by atoms with E-state index in [1.54, 1.807) is 18.2 Å². The number of hydrogen-bond donors (Lipinski definition) is 1. The van der Waals surface area contributed by atoms with Crippen LogP contribution in [0.3, 0.4) is 0 Å². The van der Waals surface area contributed by atoms with Crippen molar-refractivity contribution in [1.82, 2.24) is 0 Å². The molecule has 0 aliphatic carbocycles. The first-order chi connectivity index (χ1) is 6.29. The highest BCUT2D eigenvalue weighted by Crippen LogP contribution is 2.21. The molecule has 1 unspecified atom stereocenters. The lowest BCUT2D eigenvalue weighted by molar-refractivity contribution is 0.579. The Morgan fingerprint density at radius 2 is 2.15 bits per heavy atom. The lowest BCUT2D eigenvalue weighted by atomic mass is 9.95. The van der Waals surface area contributed by atoms with Crippen LogP contribution >= 0.6 is 0 Å². The molecule has 0 amide bonds. The molecule has 0 saturated heterocycles. The molecule has 0 aliphatic rings. The standard InChI is InChI=1S/C11H14FN/c1-2-5-9(8-13)10-6-3-4-7-11(10)12/h2-4,6-7,9H,1,5,8,13H2. The van der Waals surface area contributed by atoms with E-state index in [4.69, 9.17) is 5.73 Å². The summed E-state index contributed by atoms with van der Waals surface area (Å²) in [6.45, 7) is 4.08. The van der Waals surface area contributed by atoms with Crippen LogP contribution in [0.25, 0.3) is 0 Å². The van der Waals surface area contributed by atoms with Gasteiger partial charge < -0.3 is 5.73 Å². The fraction of sp³-hybridized carbons (Fsp3) is 0.273. The summed E-state index contributed by atoms with van der Waals surface area (Å²) in [4.78, 5) is 0. The van der Waals surface area contributed by atoms with Gasteiger partial charge in [0.2, 0.25) is 0 Å². The molecule has 1 aromatic carbocycles. The van der Waals surface area contributed by atoms with Crippen molar-refractivity contribution in [1.29, 1.82) is 0 Å². The average molecular weight is 179 g/mol. The predicted molar refractivity (Wildman–Crippen MR) is 53.0 cm³/mol. The van der Waals surface area contributed by atoms with Crippen molar-refractivity contribution < 1.29 is 4.39 Å². The van der Waals surface area contributed by atoms with Crippen LogP contribution in [0.5, 0.6) is 0 Å². The van der Waals surface area contributed by atoms with Gasteiger partial charge in [0.15, 0.2) is 0 Å². The van der Waals surface area contributed by atoms with Gasteiger partial charge in [-0.3, -0.25) is 0 Å². The summed E-state index contributed by atoms with van der Waals surface area (Å²) in [6, 6.07) is 6.74. The zero-order valence-corrected chi connectivity index (χ0v) is 7.54. The predicted octanol–water partition coefficient (Wildman–Crippen LogP) is 2.44. The van der Waals surface area contributed by atoms with Gasteiger partial charge in [-0.2, -0.15) is 0 Å². The number of allylic oxidation sites excluding steroid dienone is 1. The summed E-state index contributed by atoms with van der Waals surface area (Å²) in [6.07, 6.45) is 2.49. The number of benzene rings is 1. The van der Waals surface area contributed by atoms with E-state index < -0.39 is 0 Å². The van der Waals surface area contributed by atoms with E-state index in [1.165, 1.54) is 6.07 Å². The number of hydrogen-bond acceptors (Lipinski definition) is 1. The van der Waals surface area contributed by atoms with Crippen LogP contribution in [0.2, 0.25) is 0 Å². The molecule has 1 aromatic rings. The van der Waals surface area contributed by atoms with Crippen molar-refractivity contribution in [2.24, 2.45) is 5.73 Å². The Hall–Kier alpha value is -1.15. The fourth-order valence-corrected chi connectivity index (χ4v) is 1.36. The molecule has 13 heavy (non-hydrogen) atoms. The van der Waals surface area contributed by atoms with E-state index in [-0.39, 0.29) is 11.7 Å². The molecule has 1 nitrogen and oxygen atoms in total. The van der Waals surface area contributed by atoms with Gasteiger partial charge in [0.25, 0.3) is 0 Å². The highest BCUT2D eigenvalue weighted by atomic mass is 19.1. The van der Waals surface area contributed by atoms with Crippen molar-refractivity contribution in [2.45, 2.75) is 12.3 Å². The summed E-state index contributed by atoms with van der Waals surface area (Å²) < 4.78 is 13.3. The zero-order chi connectivity index (χ0) is 9.68. The molecule has 0 fully saturated rings. The smallest absolute Gasteiger partial charge is 0.126 e. The molecule has 2 N–H and O–H groups in total. The molecular formula is C11H14FN. The largest absolute Gasteiger partial charge is 0.330 e. The Balaban J connectivity index is 2.90. The Labute approximate surface area is 78.1 Å². The van der Waals surface area contributed by atoms with Gasteiger partial charge in [-0.05, 0) is 24.6 Å². The Morgan fingerprint density at radius 3 is 2.69 bits per heavy atom. The zero-order valence-electron chi connectivity index (χ0n) is 7.54. The van der Waals surface area contributed by atoms with Crippen molar-refractivity contribution in [3.05, 3.63) is 48.3 Å². The maximum atomic E-state index is 13.3. The van der Waals surface area contributed by atoms with E-state index in [1.807, 2.05) is 6.07 Å². The molecule has 1 rings (SSSR count). The molecule has 0 radical (unpaired) electrons. The van der Waals surface area contributed by atoms with Crippen LogP contribution in [-0.4, -0.2) is 6.54 Å². The first-order valence-corrected chi connectivity index (χ1v) is 4.35. The maximum absolute atomic E-state index is 13.3. The first-order valence-electron chi connectivity index (χ1n) is 4.35. The maximum Gasteiger partial charge on any atom is 0.126 e. The minimum absolute atomic E-state index is 0.0544. The third-order valence-corrected chi connectivity index (χ3v) is 2.08. The molecule has 70 valence electrons. The van der Waals surface area contributed by atoms with E-state index in [0.717, 1.165) is 6.42 Å². The molecule has 0 heterocycles. The molecule has 1 atom stereocenters. The van der Waals surface area contributed by atoms with Crippen molar-refractivity contribution >= 4 is 0 Å². The van der Waals surface area contributed by atoms with E-state index in [0.29, 0.717) is 12.1 Å². The number of rotatable bonds is 4. The quantitative estimate of drug-likeness (QED) is 0.706. The summed E-state index contributed by atoms with van der Waals surface area (Å²) in [5.74, 6) is -0.126. The Morgan fingerprint density at radius 1 is 1.46 bits per heavy atom. The summed E-state index contributed by atoms with van der Waals surface area (Å²) in [7, 11) is 0. The topological polar surface area (TPSA) is 26.0 Å². The van der Waals surface area contributed by atoms with Gasteiger partial charge in [0, 0.05) is 5.92 Å². The summed E-state index contributed by atoms with van der Waals surface area (Å²) >= 11 is 0. The molecule has 0 aromatic heterocycles. The monoisotopic (exact) mass is 179 g/mol. The summed E-state index contributed by atoms with van der Waals surface area (Å²) in [5, 5.41) is 0. The van der Waals surface area contributed by atoms with Crippen LogP contribution in [-0.2, 0) is 0 Å². The van der Waals surface area contributed by atoms with Crippen LogP contribution in [0, 0.1) is 5.82 Å². The Bertz CT molecular complexity index is 283. The van der Waals surface area contributed by atoms with Gasteiger partial charge in [-0.25, -0.2) is 4.39 Å². The van der Waals surface area contributed by atoms with Crippen LogP contribution < -0.4 is 5.73 Å². The van der Waals surface area contributed by atoms with Crippen LogP contribution in [0.4, 0.5) is 4.39 Å². The lowest BCUT2D eigenvalue weighted by Gasteiger charge is -2.13. The fourth-order valence-electron chi connectivity index (χ4n) is 1.36. The lowest BCUT2D eigenvalue weighted by Crippen LogP contribution is -2.13. The van der Waals surface area contributed by atoms with Crippen molar-refractivity contribution in [3.8, 4) is 0 Å². The van der Waals surface area contributed by atoms with Crippen molar-refractivity contribution in [3.63, 3.8) is 0 Å². The van der Waals surface area contributed by atoms with E-state index >= 15 is 0 Å². The summed E-state index contributed by atoms with van der Waals surface area (Å²) in [5.41, 5.74) is 6.23. The molecule has 2 heteroatoms.